The van der Waals surface area contributed by atoms with Crippen molar-refractivity contribution in [3.63, 3.8) is 0 Å². The molecule has 0 unspecified atom stereocenters. The van der Waals surface area contributed by atoms with Gasteiger partial charge in [-0.05, 0) is 57.2 Å². The zero-order valence-corrected chi connectivity index (χ0v) is 19.8. The second kappa shape index (κ2) is 11.7. The SMILES string of the molecule is C1CCOCC1.COc1nc2c(-c3ccc(F)cc3F)ncnc2nc1C.c1cnn(C2CC2)c1. The Labute approximate surface area is 202 Å². The minimum atomic E-state index is -0.726. The summed E-state index contributed by atoms with van der Waals surface area (Å²) in [6, 6.07) is 5.97. The quantitative estimate of drug-likeness (QED) is 0.402. The molecule has 0 amide bonds. The van der Waals surface area contributed by atoms with E-state index in [1.165, 1.54) is 51.6 Å². The topological polar surface area (TPSA) is 87.8 Å². The maximum Gasteiger partial charge on any atom is 0.235 e. The van der Waals surface area contributed by atoms with Gasteiger partial charge < -0.3 is 9.47 Å². The monoisotopic (exact) mass is 482 g/mol. The Bertz CT molecular complexity index is 1230. The zero-order valence-electron chi connectivity index (χ0n) is 19.8. The van der Waals surface area contributed by atoms with E-state index in [0.717, 1.165) is 31.4 Å². The zero-order chi connectivity index (χ0) is 24.6. The normalized spacial score (nSPS) is 15.0. The summed E-state index contributed by atoms with van der Waals surface area (Å²) in [5.74, 6) is -1.08. The van der Waals surface area contributed by atoms with Crippen LogP contribution >= 0.6 is 0 Å². The van der Waals surface area contributed by atoms with E-state index in [9.17, 15) is 8.78 Å². The van der Waals surface area contributed by atoms with E-state index < -0.39 is 11.6 Å². The number of rotatable bonds is 3. The van der Waals surface area contributed by atoms with E-state index in [0.29, 0.717) is 22.7 Å². The molecule has 1 aliphatic heterocycles. The fourth-order valence-corrected chi connectivity index (χ4v) is 3.54. The number of halogens is 2. The standard InChI is InChI=1S/C14H10F2N4O.C6H8N2.C5H10O/c1-7-14(21-2)20-12-11(17-6-18-13(12)19-7)9-4-3-8(15)5-10(9)16;1-4-7-8(5-1)6-2-3-6;1-2-4-6-5-3-1/h3-6H,1-2H3;1,4-6H,2-3H2;1-5H2. The summed E-state index contributed by atoms with van der Waals surface area (Å²) in [5.41, 5.74) is 1.55. The number of hydrogen-bond donors (Lipinski definition) is 0. The molecular formula is C25H28F2N6O2. The summed E-state index contributed by atoms with van der Waals surface area (Å²) < 4.78 is 39.2. The van der Waals surface area contributed by atoms with Crippen LogP contribution in [0, 0.1) is 18.6 Å². The average molecular weight is 483 g/mol. The number of hydrogen-bond acceptors (Lipinski definition) is 7. The lowest BCUT2D eigenvalue weighted by Crippen LogP contribution is -2.03. The highest BCUT2D eigenvalue weighted by atomic mass is 19.1. The predicted molar refractivity (Wildman–Crippen MR) is 127 cm³/mol. The molecule has 1 aromatic carbocycles. The van der Waals surface area contributed by atoms with Gasteiger partial charge in [-0.1, -0.05) is 0 Å². The molecule has 2 aliphatic rings. The number of ether oxygens (including phenoxy) is 2. The summed E-state index contributed by atoms with van der Waals surface area (Å²) in [6.07, 6.45) is 11.7. The van der Waals surface area contributed by atoms with E-state index >= 15 is 0 Å². The molecule has 0 N–H and O–H groups in total. The van der Waals surface area contributed by atoms with E-state index in [-0.39, 0.29) is 11.3 Å². The van der Waals surface area contributed by atoms with E-state index in [2.05, 4.69) is 25.0 Å². The minimum absolute atomic E-state index is 0.129. The van der Waals surface area contributed by atoms with E-state index in [1.54, 1.807) is 6.92 Å². The van der Waals surface area contributed by atoms with Crippen LogP contribution in [0.15, 0.2) is 43.0 Å². The molecule has 0 bridgehead atoms. The Kier molecular flexibility index (Phi) is 8.25. The molecule has 35 heavy (non-hydrogen) atoms. The maximum absolute atomic E-state index is 13.9. The van der Waals surface area contributed by atoms with Gasteiger partial charge in [-0.25, -0.2) is 28.7 Å². The van der Waals surface area contributed by atoms with Gasteiger partial charge >= 0.3 is 0 Å². The molecule has 8 nitrogen and oxygen atoms in total. The Balaban J connectivity index is 0.000000166. The van der Waals surface area contributed by atoms with Crippen LogP contribution in [0.4, 0.5) is 8.78 Å². The predicted octanol–water partition coefficient (Wildman–Crippen LogP) is 5.09. The summed E-state index contributed by atoms with van der Waals surface area (Å²) in [4.78, 5) is 16.6. The van der Waals surface area contributed by atoms with Crippen molar-refractivity contribution >= 4 is 11.2 Å². The van der Waals surface area contributed by atoms with Gasteiger partial charge in [-0.2, -0.15) is 5.10 Å². The Morgan fingerprint density at radius 1 is 1.06 bits per heavy atom. The van der Waals surface area contributed by atoms with Crippen molar-refractivity contribution < 1.29 is 18.3 Å². The lowest BCUT2D eigenvalue weighted by Gasteiger charge is -2.08. The van der Waals surface area contributed by atoms with Crippen molar-refractivity contribution in [1.82, 2.24) is 29.7 Å². The fraction of sp³-hybridized carbons (Fsp3) is 0.400. The highest BCUT2D eigenvalue weighted by molar-refractivity contribution is 5.87. The second-order valence-corrected chi connectivity index (χ2v) is 8.23. The van der Waals surface area contributed by atoms with Gasteiger partial charge in [0.15, 0.2) is 5.65 Å². The molecular weight excluding hydrogens is 454 g/mol. The van der Waals surface area contributed by atoms with Crippen LogP contribution in [-0.4, -0.2) is 50.0 Å². The molecule has 184 valence electrons. The first-order valence-corrected chi connectivity index (χ1v) is 11.6. The number of methoxy groups -OCH3 is 1. The number of nitrogens with zero attached hydrogens (tertiary/aromatic N) is 6. The van der Waals surface area contributed by atoms with Crippen molar-refractivity contribution in [2.75, 3.05) is 20.3 Å². The van der Waals surface area contributed by atoms with Gasteiger partial charge in [0, 0.05) is 37.2 Å². The van der Waals surface area contributed by atoms with Crippen molar-refractivity contribution in [3.8, 4) is 17.1 Å². The smallest absolute Gasteiger partial charge is 0.235 e. The van der Waals surface area contributed by atoms with Crippen LogP contribution in [0.5, 0.6) is 5.88 Å². The Hall–Kier alpha value is -3.53. The third kappa shape index (κ3) is 6.54. The molecule has 0 atom stereocenters. The summed E-state index contributed by atoms with van der Waals surface area (Å²) in [6.45, 7) is 3.73. The Morgan fingerprint density at radius 2 is 1.86 bits per heavy atom. The molecule has 10 heteroatoms. The first-order chi connectivity index (χ1) is 17.1. The first kappa shape index (κ1) is 24.6. The number of aromatic nitrogens is 6. The molecule has 0 spiro atoms. The van der Waals surface area contributed by atoms with Gasteiger partial charge in [0.05, 0.1) is 13.2 Å². The number of fused-ring (bicyclic) bond motifs is 1. The van der Waals surface area contributed by atoms with Gasteiger partial charge in [-0.3, -0.25) is 4.68 Å². The van der Waals surface area contributed by atoms with Gasteiger partial charge in [0.1, 0.15) is 34.9 Å². The average Bonchev–Trinajstić information content (AvgIpc) is 3.59. The van der Waals surface area contributed by atoms with E-state index in [4.69, 9.17) is 9.47 Å². The number of aryl methyl sites for hydroxylation is 1. The molecule has 1 aliphatic carbocycles. The van der Waals surface area contributed by atoms with Crippen LogP contribution in [0.3, 0.4) is 0 Å². The summed E-state index contributed by atoms with van der Waals surface area (Å²) in [7, 11) is 1.46. The van der Waals surface area contributed by atoms with Crippen LogP contribution in [0.1, 0.15) is 43.8 Å². The Morgan fingerprint density at radius 3 is 2.43 bits per heavy atom. The van der Waals surface area contributed by atoms with Gasteiger partial charge in [-0.15, -0.1) is 0 Å². The molecule has 1 saturated heterocycles. The van der Waals surface area contributed by atoms with Crippen molar-refractivity contribution in [2.45, 2.75) is 45.1 Å². The van der Waals surface area contributed by atoms with Gasteiger partial charge in [0.25, 0.3) is 0 Å². The molecule has 1 saturated carbocycles. The number of benzene rings is 1. The largest absolute Gasteiger partial charge is 0.480 e. The lowest BCUT2D eigenvalue weighted by atomic mass is 10.1. The summed E-state index contributed by atoms with van der Waals surface area (Å²) >= 11 is 0. The molecule has 0 radical (unpaired) electrons. The molecule has 4 aromatic rings. The molecule has 6 rings (SSSR count). The molecule has 3 aromatic heterocycles. The van der Waals surface area contributed by atoms with E-state index in [1.807, 2.05) is 23.1 Å². The minimum Gasteiger partial charge on any atom is -0.480 e. The fourth-order valence-electron chi connectivity index (χ4n) is 3.54. The summed E-state index contributed by atoms with van der Waals surface area (Å²) in [5, 5.41) is 4.09. The third-order valence-electron chi connectivity index (χ3n) is 5.50. The van der Waals surface area contributed by atoms with Crippen molar-refractivity contribution in [2.24, 2.45) is 0 Å². The first-order valence-electron chi connectivity index (χ1n) is 11.6. The highest BCUT2D eigenvalue weighted by Gasteiger charge is 2.23. The van der Waals surface area contributed by atoms with Crippen LogP contribution in [0.25, 0.3) is 22.4 Å². The second-order valence-electron chi connectivity index (χ2n) is 8.23. The van der Waals surface area contributed by atoms with Crippen LogP contribution < -0.4 is 4.74 Å². The van der Waals surface area contributed by atoms with Crippen molar-refractivity contribution in [3.05, 3.63) is 60.3 Å². The third-order valence-corrected chi connectivity index (χ3v) is 5.50. The van der Waals surface area contributed by atoms with Crippen LogP contribution in [-0.2, 0) is 4.74 Å². The molecule has 2 fully saturated rings. The lowest BCUT2D eigenvalue weighted by molar-refractivity contribution is 0.0968. The maximum atomic E-state index is 13.9. The highest BCUT2D eigenvalue weighted by Crippen LogP contribution is 2.33. The van der Waals surface area contributed by atoms with Gasteiger partial charge in [0.2, 0.25) is 5.88 Å². The van der Waals surface area contributed by atoms with Crippen LogP contribution in [0.2, 0.25) is 0 Å². The van der Waals surface area contributed by atoms with Crippen molar-refractivity contribution in [1.29, 1.82) is 0 Å². The molecule has 4 heterocycles.